The number of anilines is 1. The minimum atomic E-state index is -0.493. The molecule has 1 aliphatic carbocycles. The van der Waals surface area contributed by atoms with Gasteiger partial charge < -0.3 is 11.1 Å². The van der Waals surface area contributed by atoms with Crippen molar-refractivity contribution in [2.24, 2.45) is 5.73 Å². The number of primary amides is 1. The molecule has 0 fully saturated rings. The number of pyridine rings is 2. The van der Waals surface area contributed by atoms with E-state index in [4.69, 9.17) is 10.7 Å². The number of aryl methyl sites for hydroxylation is 2. The van der Waals surface area contributed by atoms with Crippen molar-refractivity contribution in [1.29, 1.82) is 0 Å². The van der Waals surface area contributed by atoms with Gasteiger partial charge >= 0.3 is 0 Å². The molecule has 6 nitrogen and oxygen atoms in total. The molecule has 5 rings (SSSR count). The molecule has 0 bridgehead atoms. The summed E-state index contributed by atoms with van der Waals surface area (Å²) in [4.78, 5) is 35.8. The van der Waals surface area contributed by atoms with Gasteiger partial charge in [-0.1, -0.05) is 18.2 Å². The fourth-order valence-electron chi connectivity index (χ4n) is 4.34. The molecule has 1 aromatic carbocycles. The van der Waals surface area contributed by atoms with Gasteiger partial charge in [0.05, 0.1) is 22.3 Å². The van der Waals surface area contributed by atoms with E-state index in [1.165, 1.54) is 11.3 Å². The van der Waals surface area contributed by atoms with Crippen LogP contribution in [0.1, 0.15) is 49.6 Å². The van der Waals surface area contributed by atoms with Crippen molar-refractivity contribution in [2.45, 2.75) is 32.6 Å². The van der Waals surface area contributed by atoms with E-state index < -0.39 is 5.91 Å². The van der Waals surface area contributed by atoms with Gasteiger partial charge in [-0.05, 0) is 61.9 Å². The number of hydrogen-bond acceptors (Lipinski definition) is 5. The molecular formula is C25H22N4O2S. The molecule has 32 heavy (non-hydrogen) atoms. The Kier molecular flexibility index (Phi) is 5.19. The number of rotatable bonds is 4. The van der Waals surface area contributed by atoms with Gasteiger partial charge in [0.25, 0.3) is 11.8 Å². The molecule has 3 N–H and O–H groups in total. The fourth-order valence-corrected chi connectivity index (χ4v) is 5.63. The zero-order valence-electron chi connectivity index (χ0n) is 17.6. The van der Waals surface area contributed by atoms with Crippen LogP contribution in [-0.4, -0.2) is 21.8 Å². The van der Waals surface area contributed by atoms with Gasteiger partial charge in [-0.2, -0.15) is 0 Å². The van der Waals surface area contributed by atoms with Crippen LogP contribution in [0.5, 0.6) is 0 Å². The number of benzene rings is 1. The topological polar surface area (TPSA) is 98.0 Å². The minimum absolute atomic E-state index is 0.278. The monoisotopic (exact) mass is 442 g/mol. The van der Waals surface area contributed by atoms with Gasteiger partial charge in [0.15, 0.2) is 0 Å². The quantitative estimate of drug-likeness (QED) is 0.470. The fraction of sp³-hybridized carbons (Fsp3) is 0.200. The third kappa shape index (κ3) is 3.54. The van der Waals surface area contributed by atoms with Crippen LogP contribution >= 0.6 is 11.3 Å². The Morgan fingerprint density at radius 2 is 1.88 bits per heavy atom. The Morgan fingerprint density at radius 1 is 1.09 bits per heavy atom. The van der Waals surface area contributed by atoms with Gasteiger partial charge in [0, 0.05) is 28.2 Å². The van der Waals surface area contributed by atoms with E-state index >= 15 is 0 Å². The first-order valence-corrected chi connectivity index (χ1v) is 11.4. The second-order valence-corrected chi connectivity index (χ2v) is 9.10. The number of nitrogens with zero attached hydrogens (tertiary/aromatic N) is 2. The maximum atomic E-state index is 13.5. The first-order valence-electron chi connectivity index (χ1n) is 10.6. The number of aromatic nitrogens is 2. The summed E-state index contributed by atoms with van der Waals surface area (Å²) in [6.07, 6.45) is 7.26. The van der Waals surface area contributed by atoms with Crippen molar-refractivity contribution in [3.63, 3.8) is 0 Å². The predicted octanol–water partition coefficient (Wildman–Crippen LogP) is 4.90. The highest BCUT2D eigenvalue weighted by molar-refractivity contribution is 7.17. The van der Waals surface area contributed by atoms with Crippen molar-refractivity contribution in [1.82, 2.24) is 9.97 Å². The summed E-state index contributed by atoms with van der Waals surface area (Å²) in [7, 11) is 0. The normalized spacial score (nSPS) is 13.0. The Hall–Kier alpha value is -3.58. The summed E-state index contributed by atoms with van der Waals surface area (Å²) in [5.41, 5.74) is 11.0. The van der Waals surface area contributed by atoms with E-state index in [0.717, 1.165) is 58.2 Å². The van der Waals surface area contributed by atoms with Crippen LogP contribution in [0.15, 0.2) is 48.8 Å². The standard InChI is InChI=1S/C25H22N4O2S/c1-14-5-4-7-16-18(13-19(28-22(14)16)15-9-11-27-12-10-15)24(31)29-25-21(23(26)30)17-6-2-3-8-20(17)32-25/h4-5,7,9-13H,2-3,6,8H2,1H3,(H2,26,30)(H,29,31). The van der Waals surface area contributed by atoms with Crippen molar-refractivity contribution in [3.05, 3.63) is 75.9 Å². The number of carbonyl (C=O) groups excluding carboxylic acids is 2. The molecule has 7 heteroatoms. The number of thiophene rings is 1. The smallest absolute Gasteiger partial charge is 0.257 e. The molecular weight excluding hydrogens is 420 g/mol. The molecule has 0 unspecified atom stereocenters. The van der Waals surface area contributed by atoms with Gasteiger partial charge in [-0.25, -0.2) is 4.98 Å². The van der Waals surface area contributed by atoms with Gasteiger partial charge in [-0.3, -0.25) is 14.6 Å². The first kappa shape index (κ1) is 20.3. The van der Waals surface area contributed by atoms with Crippen LogP contribution in [0.2, 0.25) is 0 Å². The number of nitrogens with one attached hydrogen (secondary N) is 1. The van der Waals surface area contributed by atoms with E-state index in [-0.39, 0.29) is 5.91 Å². The lowest BCUT2D eigenvalue weighted by molar-refractivity contribution is 0.100. The average Bonchev–Trinajstić information content (AvgIpc) is 3.17. The van der Waals surface area contributed by atoms with Gasteiger partial charge in [0.2, 0.25) is 0 Å². The van der Waals surface area contributed by atoms with E-state index in [2.05, 4.69) is 10.3 Å². The number of nitrogens with two attached hydrogens (primary N) is 1. The van der Waals surface area contributed by atoms with Crippen LogP contribution in [-0.2, 0) is 12.8 Å². The highest BCUT2D eigenvalue weighted by Crippen LogP contribution is 2.38. The number of amides is 2. The lowest BCUT2D eigenvalue weighted by Gasteiger charge is -2.12. The summed E-state index contributed by atoms with van der Waals surface area (Å²) in [6, 6.07) is 11.3. The van der Waals surface area contributed by atoms with E-state index in [1.807, 2.05) is 37.3 Å². The maximum Gasteiger partial charge on any atom is 0.257 e. The number of hydrogen-bond donors (Lipinski definition) is 2. The van der Waals surface area contributed by atoms with E-state index in [9.17, 15) is 9.59 Å². The molecule has 0 saturated carbocycles. The zero-order valence-corrected chi connectivity index (χ0v) is 18.5. The molecule has 0 atom stereocenters. The SMILES string of the molecule is Cc1cccc2c(C(=O)Nc3sc4c(c3C(N)=O)CCCC4)cc(-c3ccncc3)nc12. The third-order valence-corrected chi connectivity index (χ3v) is 7.11. The molecule has 3 aromatic heterocycles. The lowest BCUT2D eigenvalue weighted by Crippen LogP contribution is -2.19. The number of fused-ring (bicyclic) bond motifs is 2. The minimum Gasteiger partial charge on any atom is -0.365 e. The van der Waals surface area contributed by atoms with Gasteiger partial charge in [0.1, 0.15) is 5.00 Å². The summed E-state index contributed by atoms with van der Waals surface area (Å²) >= 11 is 1.47. The summed E-state index contributed by atoms with van der Waals surface area (Å²) in [5.74, 6) is -0.771. The average molecular weight is 443 g/mol. The molecule has 2 amide bonds. The highest BCUT2D eigenvalue weighted by atomic mass is 32.1. The summed E-state index contributed by atoms with van der Waals surface area (Å²) < 4.78 is 0. The number of carbonyl (C=O) groups is 2. The lowest BCUT2D eigenvalue weighted by atomic mass is 9.95. The van der Waals surface area contributed by atoms with Crippen LogP contribution in [0.25, 0.3) is 22.2 Å². The maximum absolute atomic E-state index is 13.5. The van der Waals surface area contributed by atoms with Crippen molar-refractivity contribution in [3.8, 4) is 11.3 Å². The Labute approximate surface area is 189 Å². The molecule has 4 aromatic rings. The van der Waals surface area contributed by atoms with Crippen molar-refractivity contribution in [2.75, 3.05) is 5.32 Å². The number of para-hydroxylation sites is 1. The zero-order chi connectivity index (χ0) is 22.2. The second kappa shape index (κ2) is 8.16. The van der Waals surface area contributed by atoms with Gasteiger partial charge in [-0.15, -0.1) is 11.3 Å². The van der Waals surface area contributed by atoms with E-state index in [0.29, 0.717) is 21.8 Å². The predicted molar refractivity (Wildman–Crippen MR) is 127 cm³/mol. The summed E-state index contributed by atoms with van der Waals surface area (Å²) in [5, 5.41) is 4.30. The Balaban J connectivity index is 1.62. The molecule has 0 spiro atoms. The van der Waals surface area contributed by atoms with E-state index in [1.54, 1.807) is 18.5 Å². The first-order chi connectivity index (χ1) is 15.5. The molecule has 0 saturated heterocycles. The Morgan fingerprint density at radius 3 is 2.66 bits per heavy atom. The van der Waals surface area contributed by atoms with Crippen LogP contribution in [0.3, 0.4) is 0 Å². The second-order valence-electron chi connectivity index (χ2n) is 8.00. The highest BCUT2D eigenvalue weighted by Gasteiger charge is 2.26. The van der Waals surface area contributed by atoms with Crippen LogP contribution in [0.4, 0.5) is 5.00 Å². The Bertz CT molecular complexity index is 1360. The molecule has 3 heterocycles. The van der Waals surface area contributed by atoms with Crippen LogP contribution in [0, 0.1) is 6.92 Å². The molecule has 0 radical (unpaired) electrons. The molecule has 160 valence electrons. The van der Waals surface area contributed by atoms with Crippen molar-refractivity contribution < 1.29 is 9.59 Å². The third-order valence-electron chi connectivity index (χ3n) is 5.91. The molecule has 1 aliphatic rings. The molecule has 0 aliphatic heterocycles. The largest absolute Gasteiger partial charge is 0.365 e. The summed E-state index contributed by atoms with van der Waals surface area (Å²) in [6.45, 7) is 1.98. The van der Waals surface area contributed by atoms with Crippen molar-refractivity contribution >= 4 is 39.1 Å². The van der Waals surface area contributed by atoms with Crippen LogP contribution < -0.4 is 11.1 Å².